The van der Waals surface area contributed by atoms with E-state index in [-0.39, 0.29) is 34.7 Å². The van der Waals surface area contributed by atoms with Crippen LogP contribution in [-0.4, -0.2) is 37.4 Å². The van der Waals surface area contributed by atoms with Gasteiger partial charge in [-0.3, -0.25) is 9.78 Å². The van der Waals surface area contributed by atoms with E-state index in [1.807, 2.05) is 12.1 Å². The van der Waals surface area contributed by atoms with E-state index in [4.69, 9.17) is 9.47 Å². The Labute approximate surface area is 185 Å². The van der Waals surface area contributed by atoms with Crippen molar-refractivity contribution in [3.63, 3.8) is 0 Å². The van der Waals surface area contributed by atoms with Crippen LogP contribution in [-0.2, 0) is 16.6 Å². The molecule has 1 saturated carbocycles. The van der Waals surface area contributed by atoms with E-state index in [0.717, 1.165) is 18.4 Å². The first-order valence-corrected chi connectivity index (χ1v) is 11.4. The monoisotopic (exact) mass is 454 g/mol. The quantitative estimate of drug-likeness (QED) is 0.510. The number of hydrogen-bond acceptors (Lipinski definition) is 7. The summed E-state index contributed by atoms with van der Waals surface area (Å²) in [4.78, 5) is 20.9. The molecule has 1 aromatic carbocycles. The molecule has 2 N–H and O–H groups in total. The maximum absolute atomic E-state index is 12.9. The number of carbonyl (C=O) groups excluding carboxylic acids is 1. The van der Waals surface area contributed by atoms with Gasteiger partial charge in [0, 0.05) is 30.2 Å². The van der Waals surface area contributed by atoms with Crippen LogP contribution in [0.15, 0.2) is 66.0 Å². The lowest BCUT2D eigenvalue weighted by atomic mass is 10.2. The largest absolute Gasteiger partial charge is 0.495 e. The van der Waals surface area contributed by atoms with Gasteiger partial charge in [0.1, 0.15) is 17.3 Å². The van der Waals surface area contributed by atoms with Gasteiger partial charge in [0.15, 0.2) is 11.6 Å². The summed E-state index contributed by atoms with van der Waals surface area (Å²) in [6.07, 6.45) is 6.45. The van der Waals surface area contributed by atoms with Gasteiger partial charge in [0.2, 0.25) is 10.0 Å². The van der Waals surface area contributed by atoms with Crippen molar-refractivity contribution < 1.29 is 22.7 Å². The fourth-order valence-electron chi connectivity index (χ4n) is 2.93. The van der Waals surface area contributed by atoms with Gasteiger partial charge in [-0.05, 0) is 60.9 Å². The van der Waals surface area contributed by atoms with Gasteiger partial charge in [0.05, 0.1) is 7.11 Å². The predicted octanol–water partition coefficient (Wildman–Crippen LogP) is 2.76. The molecule has 0 spiro atoms. The van der Waals surface area contributed by atoms with Crippen molar-refractivity contribution in [3.05, 3.63) is 72.2 Å². The minimum Gasteiger partial charge on any atom is -0.495 e. The zero-order valence-corrected chi connectivity index (χ0v) is 18.1. The molecule has 0 radical (unpaired) electrons. The van der Waals surface area contributed by atoms with E-state index >= 15 is 0 Å². The summed E-state index contributed by atoms with van der Waals surface area (Å²) in [5.41, 5.74) is 1.06. The molecule has 2 aromatic heterocycles. The highest BCUT2D eigenvalue weighted by Gasteiger charge is 2.30. The second-order valence-corrected chi connectivity index (χ2v) is 8.89. The Kier molecular flexibility index (Phi) is 6.33. The maximum atomic E-state index is 12.9. The number of sulfonamides is 1. The molecule has 10 heteroatoms. The molecule has 0 saturated heterocycles. The summed E-state index contributed by atoms with van der Waals surface area (Å²) in [6, 6.07) is 11.2. The van der Waals surface area contributed by atoms with Crippen molar-refractivity contribution in [2.45, 2.75) is 30.4 Å². The third-order valence-corrected chi connectivity index (χ3v) is 6.30. The number of hydrogen-bond donors (Lipinski definition) is 2. The first kappa shape index (κ1) is 21.7. The number of nitrogens with zero attached hydrogens (tertiary/aromatic N) is 2. The molecule has 1 aliphatic carbocycles. The lowest BCUT2D eigenvalue weighted by molar-refractivity contribution is 0.102. The van der Waals surface area contributed by atoms with Gasteiger partial charge in [0.25, 0.3) is 5.91 Å². The standard InChI is InChI=1S/C22H22N4O5S/c1-30-18-7-4-16(13-20(18)32(28,29)26-17-5-6-17)22(27)25-21-19(3-2-10-24-21)31-14-15-8-11-23-12-9-15/h2-4,7-13,17,26H,5-6,14H2,1H3,(H,24,25,27). The summed E-state index contributed by atoms with van der Waals surface area (Å²) in [5, 5.41) is 2.69. The van der Waals surface area contributed by atoms with E-state index in [1.165, 1.54) is 31.5 Å². The smallest absolute Gasteiger partial charge is 0.256 e. The van der Waals surface area contributed by atoms with Crippen molar-refractivity contribution in [3.8, 4) is 11.5 Å². The van der Waals surface area contributed by atoms with Gasteiger partial charge in [-0.2, -0.15) is 0 Å². The van der Waals surface area contributed by atoms with E-state index in [0.29, 0.717) is 5.75 Å². The maximum Gasteiger partial charge on any atom is 0.256 e. The van der Waals surface area contributed by atoms with Crippen LogP contribution < -0.4 is 19.5 Å². The van der Waals surface area contributed by atoms with Crippen LogP contribution in [0.1, 0.15) is 28.8 Å². The predicted molar refractivity (Wildman–Crippen MR) is 117 cm³/mol. The molecule has 3 aromatic rings. The number of nitrogens with one attached hydrogen (secondary N) is 2. The normalized spacial score (nSPS) is 13.4. The average molecular weight is 455 g/mol. The van der Waals surface area contributed by atoms with Crippen molar-refractivity contribution in [2.75, 3.05) is 12.4 Å². The van der Waals surface area contributed by atoms with Crippen LogP contribution in [0.25, 0.3) is 0 Å². The van der Waals surface area contributed by atoms with Crippen LogP contribution in [0.5, 0.6) is 11.5 Å². The highest BCUT2D eigenvalue weighted by Crippen LogP contribution is 2.29. The van der Waals surface area contributed by atoms with E-state index in [2.05, 4.69) is 20.0 Å². The highest BCUT2D eigenvalue weighted by atomic mass is 32.2. The first-order chi connectivity index (χ1) is 15.5. The Morgan fingerprint density at radius 2 is 1.88 bits per heavy atom. The lowest BCUT2D eigenvalue weighted by Gasteiger charge is -2.13. The topological polar surface area (TPSA) is 120 Å². The molecular formula is C22H22N4O5S. The summed E-state index contributed by atoms with van der Waals surface area (Å²) in [7, 11) is -2.44. The molecule has 4 rings (SSSR count). The minimum atomic E-state index is -3.82. The van der Waals surface area contributed by atoms with Crippen LogP contribution in [0.3, 0.4) is 0 Å². The zero-order valence-electron chi connectivity index (χ0n) is 17.3. The summed E-state index contributed by atoms with van der Waals surface area (Å²) >= 11 is 0. The van der Waals surface area contributed by atoms with Crippen molar-refractivity contribution in [1.82, 2.24) is 14.7 Å². The summed E-state index contributed by atoms with van der Waals surface area (Å²) in [5.74, 6) is 0.245. The van der Waals surface area contributed by atoms with E-state index in [9.17, 15) is 13.2 Å². The highest BCUT2D eigenvalue weighted by molar-refractivity contribution is 7.89. The Hall–Kier alpha value is -3.50. The average Bonchev–Trinajstić information content (AvgIpc) is 3.62. The molecule has 1 aliphatic rings. The van der Waals surface area contributed by atoms with E-state index < -0.39 is 15.9 Å². The molecule has 32 heavy (non-hydrogen) atoms. The second kappa shape index (κ2) is 9.33. The number of anilines is 1. The number of methoxy groups -OCH3 is 1. The van der Waals surface area contributed by atoms with Crippen LogP contribution in [0.2, 0.25) is 0 Å². The lowest BCUT2D eigenvalue weighted by Crippen LogP contribution is -2.26. The number of amides is 1. The first-order valence-electron chi connectivity index (χ1n) is 9.95. The van der Waals surface area contributed by atoms with Crippen molar-refractivity contribution in [2.24, 2.45) is 0 Å². The third kappa shape index (κ3) is 5.21. The summed E-state index contributed by atoms with van der Waals surface area (Å²) < 4.78 is 39.0. The zero-order chi connectivity index (χ0) is 22.6. The van der Waals surface area contributed by atoms with E-state index in [1.54, 1.807) is 24.5 Å². The molecule has 0 unspecified atom stereocenters. The fourth-order valence-corrected chi connectivity index (χ4v) is 4.43. The third-order valence-electron chi connectivity index (χ3n) is 4.76. The Morgan fingerprint density at radius 3 is 2.59 bits per heavy atom. The fraction of sp³-hybridized carbons (Fsp3) is 0.227. The number of carbonyl (C=O) groups is 1. The molecular weight excluding hydrogens is 432 g/mol. The molecule has 0 atom stereocenters. The Morgan fingerprint density at radius 1 is 1.09 bits per heavy atom. The number of pyridine rings is 2. The van der Waals surface area contributed by atoms with Gasteiger partial charge < -0.3 is 14.8 Å². The van der Waals surface area contributed by atoms with Gasteiger partial charge in [-0.1, -0.05) is 0 Å². The molecule has 0 aliphatic heterocycles. The van der Waals surface area contributed by atoms with Crippen LogP contribution >= 0.6 is 0 Å². The summed E-state index contributed by atoms with van der Waals surface area (Å²) in [6.45, 7) is 0.273. The number of ether oxygens (including phenoxy) is 2. The van der Waals surface area contributed by atoms with Gasteiger partial charge in [-0.15, -0.1) is 0 Å². The van der Waals surface area contributed by atoms with Crippen molar-refractivity contribution in [1.29, 1.82) is 0 Å². The molecule has 166 valence electrons. The molecule has 0 bridgehead atoms. The SMILES string of the molecule is COc1ccc(C(=O)Nc2ncccc2OCc2ccncc2)cc1S(=O)(=O)NC1CC1. The number of benzene rings is 1. The van der Waals surface area contributed by atoms with Crippen molar-refractivity contribution >= 4 is 21.7 Å². The van der Waals surface area contributed by atoms with Crippen LogP contribution in [0.4, 0.5) is 5.82 Å². The molecule has 1 fully saturated rings. The Balaban J connectivity index is 1.53. The van der Waals surface area contributed by atoms with Gasteiger partial charge >= 0.3 is 0 Å². The van der Waals surface area contributed by atoms with Gasteiger partial charge in [-0.25, -0.2) is 18.1 Å². The molecule has 9 nitrogen and oxygen atoms in total. The number of rotatable bonds is 9. The number of aromatic nitrogens is 2. The van der Waals surface area contributed by atoms with Crippen LogP contribution in [0, 0.1) is 0 Å². The Bertz CT molecular complexity index is 1210. The minimum absolute atomic E-state index is 0.0733. The molecule has 2 heterocycles. The molecule has 1 amide bonds. The second-order valence-electron chi connectivity index (χ2n) is 7.21.